The van der Waals surface area contributed by atoms with E-state index in [0.29, 0.717) is 31.7 Å². The van der Waals surface area contributed by atoms with Crippen LogP contribution in [0.1, 0.15) is 26.2 Å². The van der Waals surface area contributed by atoms with Crippen molar-refractivity contribution >= 4 is 29.1 Å². The molecule has 9 heteroatoms. The zero-order chi connectivity index (χ0) is 20.1. The van der Waals surface area contributed by atoms with Crippen molar-refractivity contribution in [1.82, 2.24) is 19.7 Å². The van der Waals surface area contributed by atoms with E-state index in [2.05, 4.69) is 10.1 Å². The summed E-state index contributed by atoms with van der Waals surface area (Å²) in [6.45, 7) is 3.21. The van der Waals surface area contributed by atoms with E-state index in [4.69, 9.17) is 16.9 Å². The maximum Gasteiger partial charge on any atom is 0.232 e. The molecule has 0 radical (unpaired) electrons. The Hall–Kier alpha value is -2.92. The van der Waals surface area contributed by atoms with Crippen LogP contribution < -0.4 is 4.90 Å². The van der Waals surface area contributed by atoms with Gasteiger partial charge in [-0.05, 0) is 25.5 Å². The molecule has 0 N–H and O–H groups in total. The number of nitriles is 1. The molecule has 3 rings (SSSR count). The van der Waals surface area contributed by atoms with Gasteiger partial charge in [0.1, 0.15) is 5.69 Å². The van der Waals surface area contributed by atoms with Crippen LogP contribution in [0, 0.1) is 17.2 Å². The highest BCUT2D eigenvalue weighted by molar-refractivity contribution is 6.32. The molecule has 1 unspecified atom stereocenters. The zero-order valence-electron chi connectivity index (χ0n) is 15.6. The number of amides is 2. The van der Waals surface area contributed by atoms with E-state index < -0.39 is 0 Å². The van der Waals surface area contributed by atoms with Gasteiger partial charge in [0.2, 0.25) is 11.8 Å². The number of aromatic nitrogens is 3. The summed E-state index contributed by atoms with van der Waals surface area (Å²) >= 11 is 6.31. The molecule has 0 aliphatic carbocycles. The third-order valence-electron chi connectivity index (χ3n) is 4.78. The SMILES string of the molecule is CCN(C(=O)C1CCN(C(=O)CCC#N)C1)c1cn(-c2cccnc2)nc1Cl. The Kier molecular flexibility index (Phi) is 6.26. The molecule has 28 heavy (non-hydrogen) atoms. The minimum absolute atomic E-state index is 0.0780. The first-order valence-corrected chi connectivity index (χ1v) is 9.54. The summed E-state index contributed by atoms with van der Waals surface area (Å²) in [6.07, 6.45) is 6.03. The zero-order valence-corrected chi connectivity index (χ0v) is 16.3. The maximum atomic E-state index is 13.1. The van der Waals surface area contributed by atoms with Crippen molar-refractivity contribution in [1.29, 1.82) is 5.26 Å². The summed E-state index contributed by atoms with van der Waals surface area (Å²) in [6, 6.07) is 5.62. The van der Waals surface area contributed by atoms with Crippen molar-refractivity contribution < 1.29 is 9.59 Å². The van der Waals surface area contributed by atoms with Gasteiger partial charge in [-0.2, -0.15) is 10.4 Å². The molecule has 1 aliphatic heterocycles. The smallest absolute Gasteiger partial charge is 0.232 e. The molecule has 1 aliphatic rings. The van der Waals surface area contributed by atoms with E-state index in [1.807, 2.05) is 19.1 Å². The van der Waals surface area contributed by atoms with Gasteiger partial charge in [0.05, 0.1) is 30.1 Å². The van der Waals surface area contributed by atoms with E-state index in [9.17, 15) is 9.59 Å². The van der Waals surface area contributed by atoms with E-state index in [-0.39, 0.29) is 35.7 Å². The third-order valence-corrected chi connectivity index (χ3v) is 5.05. The Balaban J connectivity index is 1.74. The standard InChI is InChI=1S/C19H21ClN6O2/c1-2-25(16-13-26(23-18(16)20)15-5-4-9-22-11-15)19(28)14-7-10-24(12-14)17(27)6-3-8-21/h4-5,9,11,13-14H,2-3,6-7,10,12H2,1H3. The number of anilines is 1. The number of nitrogens with zero attached hydrogens (tertiary/aromatic N) is 6. The van der Waals surface area contributed by atoms with Gasteiger partial charge < -0.3 is 9.80 Å². The number of pyridine rings is 1. The predicted molar refractivity (Wildman–Crippen MR) is 104 cm³/mol. The largest absolute Gasteiger partial charge is 0.342 e. The Morgan fingerprint density at radius 1 is 1.46 bits per heavy atom. The van der Waals surface area contributed by atoms with Crippen LogP contribution in [0.25, 0.3) is 5.69 Å². The van der Waals surface area contributed by atoms with Crippen LogP contribution in [0.2, 0.25) is 5.15 Å². The Labute approximate surface area is 168 Å². The van der Waals surface area contributed by atoms with Crippen LogP contribution in [0.5, 0.6) is 0 Å². The van der Waals surface area contributed by atoms with Crippen LogP contribution in [0.4, 0.5) is 5.69 Å². The molecule has 8 nitrogen and oxygen atoms in total. The lowest BCUT2D eigenvalue weighted by molar-refractivity contribution is -0.130. The van der Waals surface area contributed by atoms with E-state index in [1.165, 1.54) is 0 Å². The molecule has 0 saturated carbocycles. The van der Waals surface area contributed by atoms with Gasteiger partial charge in [-0.15, -0.1) is 0 Å². The summed E-state index contributed by atoms with van der Waals surface area (Å²) in [5.41, 5.74) is 1.28. The first-order chi connectivity index (χ1) is 13.5. The van der Waals surface area contributed by atoms with Crippen molar-refractivity contribution in [3.63, 3.8) is 0 Å². The highest BCUT2D eigenvalue weighted by atomic mass is 35.5. The number of rotatable bonds is 6. The second kappa shape index (κ2) is 8.85. The highest BCUT2D eigenvalue weighted by Gasteiger charge is 2.34. The minimum Gasteiger partial charge on any atom is -0.342 e. The molecule has 2 aromatic heterocycles. The molecule has 1 saturated heterocycles. The topological polar surface area (TPSA) is 95.1 Å². The molecular weight excluding hydrogens is 380 g/mol. The number of carbonyl (C=O) groups excluding carboxylic acids is 2. The molecule has 146 valence electrons. The average molecular weight is 401 g/mol. The van der Waals surface area contributed by atoms with Crippen molar-refractivity contribution in [2.24, 2.45) is 5.92 Å². The molecule has 1 atom stereocenters. The fourth-order valence-corrected chi connectivity index (χ4v) is 3.55. The van der Waals surface area contributed by atoms with Gasteiger partial charge in [-0.1, -0.05) is 11.6 Å². The van der Waals surface area contributed by atoms with Crippen molar-refractivity contribution in [2.45, 2.75) is 26.2 Å². The van der Waals surface area contributed by atoms with Crippen LogP contribution >= 0.6 is 11.6 Å². The lowest BCUT2D eigenvalue weighted by atomic mass is 10.1. The molecule has 2 amide bonds. The number of hydrogen-bond acceptors (Lipinski definition) is 5. The van der Waals surface area contributed by atoms with Crippen molar-refractivity contribution in [2.75, 3.05) is 24.5 Å². The van der Waals surface area contributed by atoms with Gasteiger partial charge in [-0.25, -0.2) is 4.68 Å². The number of halogens is 1. The first kappa shape index (κ1) is 19.8. The second-order valence-electron chi connectivity index (χ2n) is 6.53. The maximum absolute atomic E-state index is 13.1. The van der Waals surface area contributed by atoms with Gasteiger partial charge in [0.25, 0.3) is 0 Å². The summed E-state index contributed by atoms with van der Waals surface area (Å²) in [5, 5.41) is 13.2. The van der Waals surface area contributed by atoms with E-state index >= 15 is 0 Å². The minimum atomic E-state index is -0.288. The molecule has 0 bridgehead atoms. The second-order valence-corrected chi connectivity index (χ2v) is 6.88. The van der Waals surface area contributed by atoms with Crippen molar-refractivity contribution in [3.05, 3.63) is 35.9 Å². The molecule has 0 aromatic carbocycles. The summed E-state index contributed by atoms with van der Waals surface area (Å²) in [7, 11) is 0. The van der Waals surface area contributed by atoms with Crippen LogP contribution in [-0.4, -0.2) is 51.1 Å². The molecular formula is C19H21ClN6O2. The predicted octanol–water partition coefficient (Wildman–Crippen LogP) is 2.43. The molecule has 0 spiro atoms. The molecule has 3 heterocycles. The lowest BCUT2D eigenvalue weighted by Gasteiger charge is -2.23. The van der Waals surface area contributed by atoms with Crippen molar-refractivity contribution in [3.8, 4) is 11.8 Å². The number of hydrogen-bond donors (Lipinski definition) is 0. The summed E-state index contributed by atoms with van der Waals surface area (Å²) < 4.78 is 1.59. The average Bonchev–Trinajstić information content (AvgIpc) is 3.35. The molecule has 1 fully saturated rings. The van der Waals surface area contributed by atoms with Gasteiger partial charge in [0, 0.05) is 38.7 Å². The summed E-state index contributed by atoms with van der Waals surface area (Å²) in [4.78, 5) is 32.5. The van der Waals surface area contributed by atoms with Gasteiger partial charge in [0.15, 0.2) is 5.15 Å². The Bertz CT molecular complexity index is 892. The van der Waals surface area contributed by atoms with E-state index in [0.717, 1.165) is 5.69 Å². The number of carbonyl (C=O) groups is 2. The normalized spacial score (nSPS) is 16.0. The monoisotopic (exact) mass is 400 g/mol. The fraction of sp³-hybridized carbons (Fsp3) is 0.421. The Morgan fingerprint density at radius 3 is 2.96 bits per heavy atom. The van der Waals surface area contributed by atoms with Gasteiger partial charge in [-0.3, -0.25) is 14.6 Å². The quantitative estimate of drug-likeness (QED) is 0.742. The molecule has 2 aromatic rings. The van der Waals surface area contributed by atoms with Crippen LogP contribution in [0.3, 0.4) is 0 Å². The summed E-state index contributed by atoms with van der Waals surface area (Å²) in [5.74, 6) is -0.447. The van der Waals surface area contributed by atoms with E-state index in [1.54, 1.807) is 39.1 Å². The highest BCUT2D eigenvalue weighted by Crippen LogP contribution is 2.29. The van der Waals surface area contributed by atoms with Crippen LogP contribution in [-0.2, 0) is 9.59 Å². The lowest BCUT2D eigenvalue weighted by Crippen LogP contribution is -2.38. The number of likely N-dealkylation sites (tertiary alicyclic amines) is 1. The fourth-order valence-electron chi connectivity index (χ4n) is 3.32. The first-order valence-electron chi connectivity index (χ1n) is 9.16. The van der Waals surface area contributed by atoms with Crippen LogP contribution in [0.15, 0.2) is 30.7 Å². The van der Waals surface area contributed by atoms with Gasteiger partial charge >= 0.3 is 0 Å². The third kappa shape index (κ3) is 4.15. The Morgan fingerprint density at radius 2 is 2.29 bits per heavy atom.